The minimum absolute atomic E-state index is 0.216. The molecule has 2 aromatic rings. The molecule has 108 valence electrons. The summed E-state index contributed by atoms with van der Waals surface area (Å²) in [7, 11) is 0. The first kappa shape index (κ1) is 14.7. The second-order valence-electron chi connectivity index (χ2n) is 4.93. The number of hydrogen-bond donors (Lipinski definition) is 2. The van der Waals surface area contributed by atoms with Crippen molar-refractivity contribution in [3.05, 3.63) is 66.4 Å². The smallest absolute Gasteiger partial charge is 0.330 e. The highest BCUT2D eigenvalue weighted by atomic mass is 16.2. The van der Waals surface area contributed by atoms with Crippen molar-refractivity contribution in [2.75, 3.05) is 10.6 Å². The standard InChI is InChI=1S/C17H19N3O/c1-13(2)12-19-17(21)20(15-6-4-3-5-7-15)16-10-8-14(18)9-11-16/h3-12H,18H2,1-2H3,(H,19,21). The van der Waals surface area contributed by atoms with Gasteiger partial charge in [-0.05, 0) is 50.2 Å². The maximum Gasteiger partial charge on any atom is 0.330 e. The number of para-hydroxylation sites is 1. The van der Waals surface area contributed by atoms with E-state index in [2.05, 4.69) is 5.32 Å². The molecule has 0 unspecified atom stereocenters. The second kappa shape index (κ2) is 6.61. The number of amides is 2. The Bertz CT molecular complexity index is 629. The highest BCUT2D eigenvalue weighted by Crippen LogP contribution is 2.26. The van der Waals surface area contributed by atoms with Crippen LogP contribution in [-0.4, -0.2) is 6.03 Å². The van der Waals surface area contributed by atoms with Crippen molar-refractivity contribution < 1.29 is 4.79 Å². The first-order chi connectivity index (χ1) is 10.1. The number of nitrogens with zero attached hydrogens (tertiary/aromatic N) is 1. The molecule has 0 spiro atoms. The maximum atomic E-state index is 12.5. The lowest BCUT2D eigenvalue weighted by atomic mass is 10.2. The summed E-state index contributed by atoms with van der Waals surface area (Å²) in [5.41, 5.74) is 8.95. The van der Waals surface area contributed by atoms with Crippen LogP contribution in [-0.2, 0) is 0 Å². The summed E-state index contributed by atoms with van der Waals surface area (Å²) >= 11 is 0. The average molecular weight is 281 g/mol. The quantitative estimate of drug-likeness (QED) is 0.834. The van der Waals surface area contributed by atoms with Crippen LogP contribution in [0.2, 0.25) is 0 Å². The highest BCUT2D eigenvalue weighted by Gasteiger charge is 2.16. The van der Waals surface area contributed by atoms with Crippen LogP contribution in [0.15, 0.2) is 66.4 Å². The second-order valence-corrected chi connectivity index (χ2v) is 4.93. The van der Waals surface area contributed by atoms with Gasteiger partial charge in [0.1, 0.15) is 0 Å². The first-order valence-electron chi connectivity index (χ1n) is 6.72. The van der Waals surface area contributed by atoms with Crippen molar-refractivity contribution in [3.8, 4) is 0 Å². The Balaban J connectivity index is 2.37. The largest absolute Gasteiger partial charge is 0.399 e. The van der Waals surface area contributed by atoms with Gasteiger partial charge in [-0.15, -0.1) is 0 Å². The summed E-state index contributed by atoms with van der Waals surface area (Å²) in [6.07, 6.45) is 1.69. The van der Waals surface area contributed by atoms with E-state index in [9.17, 15) is 4.79 Å². The number of anilines is 3. The Hall–Kier alpha value is -2.75. The van der Waals surface area contributed by atoms with Crippen molar-refractivity contribution in [3.63, 3.8) is 0 Å². The van der Waals surface area contributed by atoms with E-state index in [0.29, 0.717) is 5.69 Å². The summed E-state index contributed by atoms with van der Waals surface area (Å²) in [4.78, 5) is 14.1. The van der Waals surface area contributed by atoms with Crippen LogP contribution in [0, 0.1) is 0 Å². The number of carbonyl (C=O) groups excluding carboxylic acids is 1. The van der Waals surface area contributed by atoms with Crippen molar-refractivity contribution in [2.45, 2.75) is 13.8 Å². The molecule has 0 saturated heterocycles. The van der Waals surface area contributed by atoms with Crippen LogP contribution in [0.4, 0.5) is 21.9 Å². The molecule has 21 heavy (non-hydrogen) atoms. The van der Waals surface area contributed by atoms with Crippen LogP contribution in [0.1, 0.15) is 13.8 Å². The number of carbonyl (C=O) groups is 1. The molecule has 3 N–H and O–H groups in total. The summed E-state index contributed by atoms with van der Waals surface area (Å²) in [6, 6.07) is 16.5. The minimum Gasteiger partial charge on any atom is -0.399 e. The molecule has 0 aliphatic heterocycles. The number of hydrogen-bond acceptors (Lipinski definition) is 2. The molecule has 0 bridgehead atoms. The average Bonchev–Trinajstić information content (AvgIpc) is 2.48. The summed E-state index contributed by atoms with van der Waals surface area (Å²) < 4.78 is 0. The van der Waals surface area contributed by atoms with Crippen LogP contribution >= 0.6 is 0 Å². The van der Waals surface area contributed by atoms with E-state index in [-0.39, 0.29) is 6.03 Å². The van der Waals surface area contributed by atoms with E-state index < -0.39 is 0 Å². The number of urea groups is 1. The summed E-state index contributed by atoms with van der Waals surface area (Å²) in [5.74, 6) is 0. The Morgan fingerprint density at radius 1 is 1.00 bits per heavy atom. The van der Waals surface area contributed by atoms with Crippen molar-refractivity contribution in [1.82, 2.24) is 5.32 Å². The molecule has 0 atom stereocenters. The van der Waals surface area contributed by atoms with Gasteiger partial charge in [0, 0.05) is 11.9 Å². The van der Waals surface area contributed by atoms with Crippen LogP contribution in [0.25, 0.3) is 0 Å². The van der Waals surface area contributed by atoms with E-state index in [1.165, 1.54) is 0 Å². The summed E-state index contributed by atoms with van der Waals surface area (Å²) in [5, 5.41) is 2.79. The zero-order valence-corrected chi connectivity index (χ0v) is 12.2. The molecule has 0 aliphatic carbocycles. The molecular formula is C17H19N3O. The molecule has 4 heteroatoms. The minimum atomic E-state index is -0.216. The molecule has 0 aliphatic rings. The zero-order chi connectivity index (χ0) is 15.2. The number of nitrogens with one attached hydrogen (secondary N) is 1. The van der Waals surface area contributed by atoms with Gasteiger partial charge >= 0.3 is 6.03 Å². The van der Waals surface area contributed by atoms with Gasteiger partial charge in [0.15, 0.2) is 0 Å². The van der Waals surface area contributed by atoms with Gasteiger partial charge in [-0.3, -0.25) is 4.90 Å². The molecular weight excluding hydrogens is 262 g/mol. The fourth-order valence-corrected chi connectivity index (χ4v) is 1.85. The predicted octanol–water partition coefficient (Wildman–Crippen LogP) is 4.04. The van der Waals surface area contributed by atoms with Crippen LogP contribution in [0.5, 0.6) is 0 Å². The van der Waals surface area contributed by atoms with Crippen LogP contribution in [0.3, 0.4) is 0 Å². The van der Waals surface area contributed by atoms with Crippen molar-refractivity contribution >= 4 is 23.1 Å². The Kier molecular flexibility index (Phi) is 4.61. The topological polar surface area (TPSA) is 58.4 Å². The molecule has 2 aromatic carbocycles. The van der Waals surface area contributed by atoms with Gasteiger partial charge < -0.3 is 11.1 Å². The van der Waals surface area contributed by atoms with E-state index in [1.54, 1.807) is 23.2 Å². The van der Waals surface area contributed by atoms with Gasteiger partial charge in [-0.25, -0.2) is 4.79 Å². The lowest BCUT2D eigenvalue weighted by Crippen LogP contribution is -2.34. The van der Waals surface area contributed by atoms with Crippen molar-refractivity contribution in [1.29, 1.82) is 0 Å². The molecule has 2 rings (SSSR count). The van der Waals surface area contributed by atoms with E-state index in [1.807, 2.05) is 56.3 Å². The number of allylic oxidation sites excluding steroid dienone is 1. The fourth-order valence-electron chi connectivity index (χ4n) is 1.85. The lowest BCUT2D eigenvalue weighted by Gasteiger charge is -2.22. The highest BCUT2D eigenvalue weighted by molar-refractivity contribution is 5.99. The molecule has 0 saturated carbocycles. The third-order valence-corrected chi connectivity index (χ3v) is 2.85. The number of benzene rings is 2. The van der Waals surface area contributed by atoms with Gasteiger partial charge in [0.05, 0.1) is 11.4 Å². The lowest BCUT2D eigenvalue weighted by molar-refractivity contribution is 0.251. The Morgan fingerprint density at radius 2 is 1.57 bits per heavy atom. The molecule has 2 amide bonds. The zero-order valence-electron chi connectivity index (χ0n) is 12.2. The maximum absolute atomic E-state index is 12.5. The van der Waals surface area contributed by atoms with Gasteiger partial charge in [0.25, 0.3) is 0 Å². The van der Waals surface area contributed by atoms with E-state index >= 15 is 0 Å². The number of nitrogen functional groups attached to an aromatic ring is 1. The van der Waals surface area contributed by atoms with Gasteiger partial charge in [-0.1, -0.05) is 23.8 Å². The fraction of sp³-hybridized carbons (Fsp3) is 0.118. The van der Waals surface area contributed by atoms with Crippen LogP contribution < -0.4 is 16.0 Å². The normalized spacial score (nSPS) is 9.81. The van der Waals surface area contributed by atoms with E-state index in [4.69, 9.17) is 5.73 Å². The SMILES string of the molecule is CC(C)=CNC(=O)N(c1ccccc1)c1ccc(N)cc1. The third kappa shape index (κ3) is 3.86. The monoisotopic (exact) mass is 281 g/mol. The van der Waals surface area contributed by atoms with E-state index in [0.717, 1.165) is 16.9 Å². The molecule has 0 aromatic heterocycles. The number of nitrogens with two attached hydrogens (primary N) is 1. The predicted molar refractivity (Wildman–Crippen MR) is 87.4 cm³/mol. The van der Waals surface area contributed by atoms with Gasteiger partial charge in [-0.2, -0.15) is 0 Å². The number of rotatable bonds is 3. The Morgan fingerprint density at radius 3 is 2.14 bits per heavy atom. The molecule has 0 fully saturated rings. The Labute approximate surface area is 124 Å². The van der Waals surface area contributed by atoms with Crippen molar-refractivity contribution in [2.24, 2.45) is 0 Å². The molecule has 0 heterocycles. The summed E-state index contributed by atoms with van der Waals surface area (Å²) in [6.45, 7) is 3.85. The molecule has 4 nitrogen and oxygen atoms in total. The first-order valence-corrected chi connectivity index (χ1v) is 6.72. The molecule has 0 radical (unpaired) electrons. The third-order valence-electron chi connectivity index (χ3n) is 2.85. The van der Waals surface area contributed by atoms with Gasteiger partial charge in [0.2, 0.25) is 0 Å².